The van der Waals surface area contributed by atoms with E-state index >= 15 is 0 Å². The molecule has 1 aromatic carbocycles. The van der Waals surface area contributed by atoms with Gasteiger partial charge in [-0.05, 0) is 66.6 Å². The Hall–Kier alpha value is -2.99. The predicted octanol–water partition coefficient (Wildman–Crippen LogP) is 4.73. The minimum Gasteiger partial charge on any atom is -0.454 e. The number of aryl methyl sites for hydroxylation is 1. The molecule has 0 fully saturated rings. The number of benzene rings is 1. The van der Waals surface area contributed by atoms with Gasteiger partial charge in [0, 0.05) is 28.7 Å². The summed E-state index contributed by atoms with van der Waals surface area (Å²) in [5, 5.41) is 3.80. The number of aromatic nitrogens is 1. The van der Waals surface area contributed by atoms with Crippen molar-refractivity contribution in [1.82, 2.24) is 4.57 Å². The first kappa shape index (κ1) is 18.8. The number of nitrogens with zero attached hydrogens (tertiary/aromatic N) is 1. The van der Waals surface area contributed by atoms with Crippen molar-refractivity contribution in [2.45, 2.75) is 13.8 Å². The monoisotopic (exact) mass is 383 g/mol. The Morgan fingerprint density at radius 1 is 1.22 bits per heavy atom. The normalized spacial score (nSPS) is 11.1. The largest absolute Gasteiger partial charge is 0.454 e. The van der Waals surface area contributed by atoms with Crippen LogP contribution in [-0.2, 0) is 9.53 Å². The second-order valence-corrected chi connectivity index (χ2v) is 6.80. The van der Waals surface area contributed by atoms with Gasteiger partial charge in [0.05, 0.1) is 0 Å². The van der Waals surface area contributed by atoms with Gasteiger partial charge in [-0.3, -0.25) is 4.79 Å². The van der Waals surface area contributed by atoms with Crippen LogP contribution in [0.3, 0.4) is 0 Å². The highest BCUT2D eigenvalue weighted by molar-refractivity contribution is 7.08. The smallest absolute Gasteiger partial charge is 0.331 e. The van der Waals surface area contributed by atoms with E-state index in [2.05, 4.69) is 0 Å². The molecule has 2 heterocycles. The van der Waals surface area contributed by atoms with Crippen molar-refractivity contribution in [3.63, 3.8) is 0 Å². The first-order chi connectivity index (χ1) is 13.0. The van der Waals surface area contributed by atoms with E-state index < -0.39 is 5.97 Å². The summed E-state index contributed by atoms with van der Waals surface area (Å²) < 4.78 is 20.4. The number of esters is 1. The van der Waals surface area contributed by atoms with E-state index in [1.54, 1.807) is 35.8 Å². The Balaban J connectivity index is 1.70. The topological polar surface area (TPSA) is 48.3 Å². The first-order valence-electron chi connectivity index (χ1n) is 8.31. The standard InChI is InChI=1S/C21H18FNO3S/c1-14-10-19(15(2)23(14)18-5-3-4-17(22)11-18)20(24)12-26-21(25)7-6-16-8-9-27-13-16/h3-11,13H,12H2,1-2H3/b7-6+. The van der Waals surface area contributed by atoms with Gasteiger partial charge in [0.2, 0.25) is 5.78 Å². The molecule has 0 spiro atoms. The van der Waals surface area contributed by atoms with Gasteiger partial charge in [0.25, 0.3) is 0 Å². The predicted molar refractivity (Wildman–Crippen MR) is 104 cm³/mol. The number of halogens is 1. The van der Waals surface area contributed by atoms with Crippen LogP contribution in [0.5, 0.6) is 0 Å². The van der Waals surface area contributed by atoms with Crippen molar-refractivity contribution < 1.29 is 18.7 Å². The number of thiophene rings is 1. The molecule has 0 aliphatic rings. The molecule has 6 heteroatoms. The number of ketones is 1. The summed E-state index contributed by atoms with van der Waals surface area (Å²) in [7, 11) is 0. The number of rotatable bonds is 6. The highest BCUT2D eigenvalue weighted by Gasteiger charge is 2.18. The molecule has 0 bridgehead atoms. The first-order valence-corrected chi connectivity index (χ1v) is 9.25. The second kappa shape index (κ2) is 8.14. The Kier molecular flexibility index (Phi) is 5.66. The maximum absolute atomic E-state index is 13.5. The summed E-state index contributed by atoms with van der Waals surface area (Å²) in [5.41, 5.74) is 3.46. The number of hydrogen-bond donors (Lipinski definition) is 0. The molecule has 0 saturated carbocycles. The molecule has 27 heavy (non-hydrogen) atoms. The third-order valence-electron chi connectivity index (χ3n) is 4.10. The molecule has 0 aliphatic heterocycles. The van der Waals surface area contributed by atoms with Crippen molar-refractivity contribution in [1.29, 1.82) is 0 Å². The molecule has 0 amide bonds. The van der Waals surface area contributed by atoms with Crippen LogP contribution in [0.2, 0.25) is 0 Å². The Bertz CT molecular complexity index is 1000. The lowest BCUT2D eigenvalue weighted by atomic mass is 10.1. The fraction of sp³-hybridized carbons (Fsp3) is 0.143. The van der Waals surface area contributed by atoms with Crippen LogP contribution in [0.15, 0.2) is 53.2 Å². The van der Waals surface area contributed by atoms with Crippen molar-refractivity contribution >= 4 is 29.2 Å². The van der Waals surface area contributed by atoms with E-state index in [0.29, 0.717) is 16.9 Å². The van der Waals surface area contributed by atoms with E-state index in [0.717, 1.165) is 11.3 Å². The van der Waals surface area contributed by atoms with Gasteiger partial charge in [0.15, 0.2) is 6.61 Å². The molecule has 138 valence electrons. The van der Waals surface area contributed by atoms with Crippen molar-refractivity contribution in [3.05, 3.63) is 81.6 Å². The second-order valence-electron chi connectivity index (χ2n) is 6.02. The van der Waals surface area contributed by atoms with Gasteiger partial charge in [-0.15, -0.1) is 0 Å². The highest BCUT2D eigenvalue weighted by Crippen LogP contribution is 2.22. The van der Waals surface area contributed by atoms with Crippen LogP contribution >= 0.6 is 11.3 Å². The van der Waals surface area contributed by atoms with Crippen molar-refractivity contribution in [2.75, 3.05) is 6.61 Å². The maximum Gasteiger partial charge on any atom is 0.331 e. The Labute approximate surface area is 160 Å². The molecule has 0 unspecified atom stereocenters. The van der Waals surface area contributed by atoms with Gasteiger partial charge in [-0.25, -0.2) is 9.18 Å². The van der Waals surface area contributed by atoms with Crippen LogP contribution in [0.25, 0.3) is 11.8 Å². The maximum atomic E-state index is 13.5. The van der Waals surface area contributed by atoms with Crippen LogP contribution in [0, 0.1) is 19.7 Å². The van der Waals surface area contributed by atoms with E-state index in [1.165, 1.54) is 29.5 Å². The molecule has 0 N–H and O–H groups in total. The SMILES string of the molecule is Cc1cc(C(=O)COC(=O)/C=C/c2ccsc2)c(C)n1-c1cccc(F)c1. The lowest BCUT2D eigenvalue weighted by molar-refractivity contribution is -0.136. The van der Waals surface area contributed by atoms with Crippen molar-refractivity contribution in [2.24, 2.45) is 0 Å². The molecular weight excluding hydrogens is 365 g/mol. The van der Waals surface area contributed by atoms with Gasteiger partial charge in [-0.2, -0.15) is 11.3 Å². The number of carbonyl (C=O) groups is 2. The zero-order valence-electron chi connectivity index (χ0n) is 14.9. The summed E-state index contributed by atoms with van der Waals surface area (Å²) in [4.78, 5) is 24.3. The fourth-order valence-electron chi connectivity index (χ4n) is 2.85. The molecule has 0 radical (unpaired) electrons. The molecule has 3 aromatic rings. The van der Waals surface area contributed by atoms with Gasteiger partial charge < -0.3 is 9.30 Å². The summed E-state index contributed by atoms with van der Waals surface area (Å²) in [6.07, 6.45) is 2.94. The van der Waals surface area contributed by atoms with Crippen LogP contribution in [0.1, 0.15) is 27.3 Å². The molecule has 4 nitrogen and oxygen atoms in total. The lowest BCUT2D eigenvalue weighted by Crippen LogP contribution is -2.13. The number of ether oxygens (including phenoxy) is 1. The third kappa shape index (κ3) is 4.41. The lowest BCUT2D eigenvalue weighted by Gasteiger charge is -2.10. The average Bonchev–Trinajstić information content (AvgIpc) is 3.25. The fourth-order valence-corrected chi connectivity index (χ4v) is 3.48. The zero-order chi connectivity index (χ0) is 19.4. The van der Waals surface area contributed by atoms with E-state index in [-0.39, 0.29) is 18.2 Å². The van der Waals surface area contributed by atoms with Crippen LogP contribution < -0.4 is 0 Å². The average molecular weight is 383 g/mol. The minimum atomic E-state index is -0.575. The number of hydrogen-bond acceptors (Lipinski definition) is 4. The zero-order valence-corrected chi connectivity index (χ0v) is 15.8. The molecule has 2 aromatic heterocycles. The summed E-state index contributed by atoms with van der Waals surface area (Å²) in [6, 6.07) is 9.76. The third-order valence-corrected chi connectivity index (χ3v) is 4.80. The molecule has 3 rings (SSSR count). The van der Waals surface area contributed by atoms with E-state index in [4.69, 9.17) is 4.74 Å². The molecule has 0 aliphatic carbocycles. The summed E-state index contributed by atoms with van der Waals surface area (Å²) in [6.45, 7) is 3.27. The minimum absolute atomic E-state index is 0.303. The number of Topliss-reactive ketones (excluding diaryl/α,β-unsaturated/α-hetero) is 1. The van der Waals surface area contributed by atoms with Gasteiger partial charge >= 0.3 is 5.97 Å². The van der Waals surface area contributed by atoms with E-state index in [1.807, 2.05) is 23.8 Å². The van der Waals surface area contributed by atoms with Crippen LogP contribution in [0.4, 0.5) is 4.39 Å². The van der Waals surface area contributed by atoms with Gasteiger partial charge in [0.1, 0.15) is 5.82 Å². The molecule has 0 atom stereocenters. The quantitative estimate of drug-likeness (QED) is 0.351. The van der Waals surface area contributed by atoms with Gasteiger partial charge in [-0.1, -0.05) is 6.07 Å². The summed E-state index contributed by atoms with van der Waals surface area (Å²) in [5.74, 6) is -1.23. The van der Waals surface area contributed by atoms with Crippen molar-refractivity contribution in [3.8, 4) is 5.69 Å². The Morgan fingerprint density at radius 2 is 2.04 bits per heavy atom. The highest BCUT2D eigenvalue weighted by atomic mass is 32.1. The number of carbonyl (C=O) groups excluding carboxylic acids is 2. The van der Waals surface area contributed by atoms with Crippen LogP contribution in [-0.4, -0.2) is 22.9 Å². The molecular formula is C21H18FNO3S. The Morgan fingerprint density at radius 3 is 2.74 bits per heavy atom. The molecule has 0 saturated heterocycles. The van der Waals surface area contributed by atoms with E-state index in [9.17, 15) is 14.0 Å². The summed E-state index contributed by atoms with van der Waals surface area (Å²) >= 11 is 1.53.